The first-order valence-electron chi connectivity index (χ1n) is 7.89. The lowest BCUT2D eigenvalue weighted by atomic mass is 10.2. The van der Waals surface area contributed by atoms with Crippen molar-refractivity contribution in [2.75, 3.05) is 6.61 Å². The molecule has 22 heavy (non-hydrogen) atoms. The number of benzene rings is 1. The molecular formula is C17H26N2O2Si. The van der Waals surface area contributed by atoms with E-state index in [-0.39, 0.29) is 5.78 Å². The molecule has 0 fully saturated rings. The highest BCUT2D eigenvalue weighted by Crippen LogP contribution is 2.19. The average Bonchev–Trinajstić information content (AvgIpc) is 2.79. The van der Waals surface area contributed by atoms with Crippen LogP contribution in [0.25, 0.3) is 11.0 Å². The Kier molecular flexibility index (Phi) is 5.18. The van der Waals surface area contributed by atoms with Gasteiger partial charge < -0.3 is 4.74 Å². The monoisotopic (exact) mass is 318 g/mol. The number of imidazole rings is 1. The largest absolute Gasteiger partial charge is 0.361 e. The molecule has 1 aromatic heterocycles. The van der Waals surface area contributed by atoms with Crippen molar-refractivity contribution in [3.8, 4) is 0 Å². The van der Waals surface area contributed by atoms with Crippen molar-refractivity contribution in [1.29, 1.82) is 0 Å². The van der Waals surface area contributed by atoms with Crippen LogP contribution in [0.2, 0.25) is 25.7 Å². The van der Waals surface area contributed by atoms with Crippen LogP contribution < -0.4 is 0 Å². The van der Waals surface area contributed by atoms with Crippen molar-refractivity contribution < 1.29 is 9.53 Å². The number of ketones is 1. The van der Waals surface area contributed by atoms with Gasteiger partial charge in [0, 0.05) is 21.1 Å². The number of rotatable bonds is 7. The van der Waals surface area contributed by atoms with E-state index in [1.807, 2.05) is 36.6 Å². The minimum absolute atomic E-state index is 0.0580. The third-order valence-corrected chi connectivity index (χ3v) is 5.40. The fourth-order valence-corrected chi connectivity index (χ4v) is 3.03. The van der Waals surface area contributed by atoms with Crippen LogP contribution >= 0.6 is 0 Å². The van der Waals surface area contributed by atoms with Gasteiger partial charge in [0.15, 0.2) is 11.6 Å². The van der Waals surface area contributed by atoms with Gasteiger partial charge in [0.2, 0.25) is 0 Å². The molecule has 1 aromatic carbocycles. The summed E-state index contributed by atoms with van der Waals surface area (Å²) in [5, 5.41) is 0. The normalized spacial score (nSPS) is 12.0. The first-order chi connectivity index (χ1) is 10.3. The molecule has 0 saturated heterocycles. The van der Waals surface area contributed by atoms with Gasteiger partial charge in [-0.25, -0.2) is 4.98 Å². The summed E-state index contributed by atoms with van der Waals surface area (Å²) in [5.41, 5.74) is 2.98. The highest BCUT2D eigenvalue weighted by molar-refractivity contribution is 6.76. The molecule has 0 aliphatic carbocycles. The Balaban J connectivity index is 2.24. The van der Waals surface area contributed by atoms with Gasteiger partial charge in [0.1, 0.15) is 6.73 Å². The molecule has 0 atom stereocenters. The number of aryl methyl sites for hydroxylation is 1. The summed E-state index contributed by atoms with van der Waals surface area (Å²) in [6.07, 6.45) is 0.456. The van der Waals surface area contributed by atoms with E-state index in [9.17, 15) is 4.79 Å². The quantitative estimate of drug-likeness (QED) is 0.435. The molecule has 2 aromatic rings. The van der Waals surface area contributed by atoms with E-state index in [1.54, 1.807) is 0 Å². The number of hydrogen-bond acceptors (Lipinski definition) is 3. The summed E-state index contributed by atoms with van der Waals surface area (Å²) in [6, 6.07) is 7.20. The Morgan fingerprint density at radius 1 is 1.32 bits per heavy atom. The van der Waals surface area contributed by atoms with Gasteiger partial charge in [0.05, 0.1) is 11.0 Å². The van der Waals surface area contributed by atoms with E-state index in [4.69, 9.17) is 4.74 Å². The summed E-state index contributed by atoms with van der Waals surface area (Å²) in [6.45, 7) is 12.0. The SMILES string of the molecule is CCC(=O)c1nc2cc(C)ccc2n1COCC[Si](C)(C)C. The minimum atomic E-state index is -1.10. The Bertz CT molecular complexity index is 671. The molecule has 0 bridgehead atoms. The van der Waals surface area contributed by atoms with Crippen molar-refractivity contribution in [3.05, 3.63) is 29.6 Å². The zero-order chi connectivity index (χ0) is 16.3. The second kappa shape index (κ2) is 6.75. The van der Waals surface area contributed by atoms with Crippen molar-refractivity contribution in [3.63, 3.8) is 0 Å². The molecule has 0 aliphatic heterocycles. The van der Waals surface area contributed by atoms with Crippen LogP contribution in [0, 0.1) is 6.92 Å². The van der Waals surface area contributed by atoms with Crippen LogP contribution in [0.3, 0.4) is 0 Å². The molecule has 0 spiro atoms. The third kappa shape index (κ3) is 4.05. The van der Waals surface area contributed by atoms with Gasteiger partial charge in [-0.1, -0.05) is 32.6 Å². The lowest BCUT2D eigenvalue weighted by molar-refractivity contribution is 0.0818. The number of carbonyl (C=O) groups is 1. The summed E-state index contributed by atoms with van der Waals surface area (Å²) >= 11 is 0. The van der Waals surface area contributed by atoms with E-state index in [0.29, 0.717) is 19.0 Å². The summed E-state index contributed by atoms with van der Waals surface area (Å²) < 4.78 is 7.74. The molecule has 4 nitrogen and oxygen atoms in total. The minimum Gasteiger partial charge on any atom is -0.361 e. The second-order valence-electron chi connectivity index (χ2n) is 6.98. The maximum atomic E-state index is 12.1. The average molecular weight is 318 g/mol. The topological polar surface area (TPSA) is 44.1 Å². The molecule has 0 amide bonds. The number of ether oxygens (including phenoxy) is 1. The number of hydrogen-bond donors (Lipinski definition) is 0. The van der Waals surface area contributed by atoms with Crippen LogP contribution in [0.5, 0.6) is 0 Å². The Morgan fingerprint density at radius 3 is 2.68 bits per heavy atom. The zero-order valence-electron chi connectivity index (χ0n) is 14.3. The van der Waals surface area contributed by atoms with Crippen LogP contribution in [-0.2, 0) is 11.5 Å². The van der Waals surface area contributed by atoms with Gasteiger partial charge in [-0.2, -0.15) is 0 Å². The van der Waals surface area contributed by atoms with Gasteiger partial charge >= 0.3 is 0 Å². The fourth-order valence-electron chi connectivity index (χ4n) is 2.28. The van der Waals surface area contributed by atoms with Crippen LogP contribution in [0.1, 0.15) is 29.5 Å². The van der Waals surface area contributed by atoms with E-state index in [2.05, 4.69) is 24.6 Å². The van der Waals surface area contributed by atoms with Crippen molar-refractivity contribution in [2.24, 2.45) is 0 Å². The van der Waals surface area contributed by atoms with Crippen LogP contribution in [-0.4, -0.2) is 30.0 Å². The molecule has 2 rings (SSSR count). The van der Waals surface area contributed by atoms with Gasteiger partial charge in [-0.15, -0.1) is 0 Å². The molecule has 0 radical (unpaired) electrons. The van der Waals surface area contributed by atoms with E-state index < -0.39 is 8.07 Å². The van der Waals surface area contributed by atoms with Crippen LogP contribution in [0.15, 0.2) is 18.2 Å². The van der Waals surface area contributed by atoms with Crippen molar-refractivity contribution >= 4 is 24.9 Å². The van der Waals surface area contributed by atoms with E-state index >= 15 is 0 Å². The van der Waals surface area contributed by atoms with Gasteiger partial charge in [-0.05, 0) is 30.7 Å². The molecule has 5 heteroatoms. The lowest BCUT2D eigenvalue weighted by Gasteiger charge is -2.16. The van der Waals surface area contributed by atoms with Gasteiger partial charge in [0.25, 0.3) is 0 Å². The Hall–Kier alpha value is -1.46. The van der Waals surface area contributed by atoms with E-state index in [1.165, 1.54) is 0 Å². The maximum Gasteiger partial charge on any atom is 0.198 e. The smallest absolute Gasteiger partial charge is 0.198 e. The molecular weight excluding hydrogens is 292 g/mol. The lowest BCUT2D eigenvalue weighted by Crippen LogP contribution is -2.22. The molecule has 1 heterocycles. The zero-order valence-corrected chi connectivity index (χ0v) is 15.3. The fraction of sp³-hybridized carbons (Fsp3) is 0.529. The Labute approximate surface area is 133 Å². The maximum absolute atomic E-state index is 12.1. The number of fused-ring (bicyclic) bond motifs is 1. The first kappa shape index (κ1) is 16.9. The van der Waals surface area contributed by atoms with Gasteiger partial charge in [-0.3, -0.25) is 9.36 Å². The predicted octanol–water partition coefficient (Wildman–Crippen LogP) is 4.25. The highest BCUT2D eigenvalue weighted by atomic mass is 28.3. The molecule has 120 valence electrons. The van der Waals surface area contributed by atoms with Crippen molar-refractivity contribution in [2.45, 2.75) is 52.7 Å². The summed E-state index contributed by atoms with van der Waals surface area (Å²) in [4.78, 5) is 16.7. The van der Waals surface area contributed by atoms with Crippen LogP contribution in [0.4, 0.5) is 0 Å². The predicted molar refractivity (Wildman–Crippen MR) is 93.2 cm³/mol. The number of nitrogens with zero attached hydrogens (tertiary/aromatic N) is 2. The number of Topliss-reactive ketones (excluding diaryl/α,β-unsaturated/α-hetero) is 1. The first-order valence-corrected chi connectivity index (χ1v) is 11.6. The highest BCUT2D eigenvalue weighted by Gasteiger charge is 2.17. The summed E-state index contributed by atoms with van der Waals surface area (Å²) in [5.74, 6) is 0.568. The van der Waals surface area contributed by atoms with Crippen molar-refractivity contribution in [1.82, 2.24) is 9.55 Å². The standard InChI is InChI=1S/C17H26N2O2Si/c1-6-16(20)17-18-14-11-13(2)7-8-15(14)19(17)12-21-9-10-22(3,4)5/h7-8,11H,6,9-10,12H2,1-5H3. The second-order valence-corrected chi connectivity index (χ2v) is 12.6. The molecule has 0 saturated carbocycles. The number of aromatic nitrogens is 2. The molecule has 0 N–H and O–H groups in total. The van der Waals surface area contributed by atoms with E-state index in [0.717, 1.165) is 29.2 Å². The molecule has 0 aliphatic rings. The Morgan fingerprint density at radius 2 is 2.05 bits per heavy atom. The molecule has 0 unspecified atom stereocenters. The summed E-state index contributed by atoms with van der Waals surface area (Å²) in [7, 11) is -1.10. The third-order valence-electron chi connectivity index (χ3n) is 3.69. The number of carbonyl (C=O) groups excluding carboxylic acids is 1.